The molecule has 15 heavy (non-hydrogen) atoms. The summed E-state index contributed by atoms with van der Waals surface area (Å²) >= 11 is 0. The second-order valence-corrected chi connectivity index (χ2v) is 6.67. The predicted molar refractivity (Wildman–Crippen MR) is 72.0 cm³/mol. The SMILES string of the molecule is CCCCP(CCC)Cc1ccccc1. The Hall–Kier alpha value is -0.350. The summed E-state index contributed by atoms with van der Waals surface area (Å²) < 4.78 is 0. The fourth-order valence-corrected chi connectivity index (χ4v) is 4.47. The second-order valence-electron chi connectivity index (χ2n) is 4.12. The fourth-order valence-electron chi connectivity index (χ4n) is 1.81. The first-order valence-electron chi connectivity index (χ1n) is 6.13. The average molecular weight is 222 g/mol. The van der Waals surface area contributed by atoms with Crippen LogP contribution in [-0.4, -0.2) is 12.3 Å². The van der Waals surface area contributed by atoms with E-state index in [9.17, 15) is 0 Å². The van der Waals surface area contributed by atoms with Crippen molar-refractivity contribution in [3.63, 3.8) is 0 Å². The molecular weight excluding hydrogens is 199 g/mol. The molecule has 0 aromatic heterocycles. The molecule has 0 spiro atoms. The van der Waals surface area contributed by atoms with Gasteiger partial charge in [-0.2, -0.15) is 0 Å². The van der Waals surface area contributed by atoms with Gasteiger partial charge in [0.25, 0.3) is 0 Å². The molecule has 0 saturated carbocycles. The molecule has 0 saturated heterocycles. The number of unbranched alkanes of at least 4 members (excludes halogenated alkanes) is 1. The highest BCUT2D eigenvalue weighted by molar-refractivity contribution is 7.56. The smallest absolute Gasteiger partial charge is 0.00731 e. The monoisotopic (exact) mass is 222 g/mol. The van der Waals surface area contributed by atoms with E-state index in [0.717, 1.165) is 0 Å². The molecular formula is C14H23P. The Morgan fingerprint density at radius 3 is 2.27 bits per heavy atom. The first-order chi connectivity index (χ1) is 7.36. The van der Waals surface area contributed by atoms with Crippen molar-refractivity contribution < 1.29 is 0 Å². The number of hydrogen-bond acceptors (Lipinski definition) is 0. The van der Waals surface area contributed by atoms with Gasteiger partial charge in [-0.25, -0.2) is 0 Å². The fraction of sp³-hybridized carbons (Fsp3) is 0.571. The average Bonchev–Trinajstić information content (AvgIpc) is 2.28. The van der Waals surface area contributed by atoms with E-state index in [1.54, 1.807) is 0 Å². The molecule has 0 N–H and O–H groups in total. The van der Waals surface area contributed by atoms with E-state index in [0.29, 0.717) is 0 Å². The molecule has 0 aliphatic carbocycles. The Morgan fingerprint density at radius 2 is 1.67 bits per heavy atom. The normalized spacial score (nSPS) is 12.7. The number of benzene rings is 1. The maximum absolute atomic E-state index is 2.31. The lowest BCUT2D eigenvalue weighted by atomic mass is 10.2. The number of rotatable bonds is 7. The lowest BCUT2D eigenvalue weighted by Gasteiger charge is -2.16. The van der Waals surface area contributed by atoms with Crippen molar-refractivity contribution in [1.29, 1.82) is 0 Å². The summed E-state index contributed by atoms with van der Waals surface area (Å²) in [7, 11) is 0.257. The van der Waals surface area contributed by atoms with Gasteiger partial charge in [0.05, 0.1) is 0 Å². The predicted octanol–water partition coefficient (Wildman–Crippen LogP) is 4.88. The molecule has 1 rings (SSSR count). The van der Waals surface area contributed by atoms with Crippen LogP contribution in [0.2, 0.25) is 0 Å². The summed E-state index contributed by atoms with van der Waals surface area (Å²) in [6.07, 6.45) is 8.36. The van der Waals surface area contributed by atoms with Gasteiger partial charge in [0.15, 0.2) is 0 Å². The van der Waals surface area contributed by atoms with Crippen molar-refractivity contribution in [1.82, 2.24) is 0 Å². The molecule has 1 atom stereocenters. The molecule has 1 aromatic rings. The lowest BCUT2D eigenvalue weighted by molar-refractivity contribution is 0.885. The molecule has 84 valence electrons. The third-order valence-electron chi connectivity index (χ3n) is 2.62. The topological polar surface area (TPSA) is 0 Å². The summed E-state index contributed by atoms with van der Waals surface area (Å²) in [6.45, 7) is 4.61. The van der Waals surface area contributed by atoms with Crippen molar-refractivity contribution in [2.45, 2.75) is 39.3 Å². The van der Waals surface area contributed by atoms with Crippen LogP contribution in [0.1, 0.15) is 38.7 Å². The van der Waals surface area contributed by atoms with E-state index in [4.69, 9.17) is 0 Å². The van der Waals surface area contributed by atoms with Crippen LogP contribution >= 0.6 is 7.92 Å². The van der Waals surface area contributed by atoms with Crippen LogP contribution in [-0.2, 0) is 6.16 Å². The Bertz CT molecular complexity index is 243. The standard InChI is InChI=1S/C14H23P/c1-3-5-12-15(11-4-2)13-14-9-7-6-8-10-14/h6-10H,3-5,11-13H2,1-2H3. The zero-order chi connectivity index (χ0) is 10.9. The lowest BCUT2D eigenvalue weighted by Crippen LogP contribution is -1.93. The summed E-state index contributed by atoms with van der Waals surface area (Å²) in [5, 5.41) is 0. The summed E-state index contributed by atoms with van der Waals surface area (Å²) in [6, 6.07) is 11.0. The van der Waals surface area contributed by atoms with E-state index in [-0.39, 0.29) is 7.92 Å². The Morgan fingerprint density at radius 1 is 0.933 bits per heavy atom. The van der Waals surface area contributed by atoms with Gasteiger partial charge in [-0.05, 0) is 30.5 Å². The molecule has 0 amide bonds. The van der Waals surface area contributed by atoms with Gasteiger partial charge in [-0.3, -0.25) is 0 Å². The molecule has 0 radical (unpaired) electrons. The Labute approximate surface area is 95.9 Å². The van der Waals surface area contributed by atoms with E-state index in [1.807, 2.05) is 0 Å². The van der Waals surface area contributed by atoms with Crippen molar-refractivity contribution in [2.75, 3.05) is 12.3 Å². The minimum Gasteiger partial charge on any atom is -0.102 e. The van der Waals surface area contributed by atoms with Crippen LogP contribution in [0.4, 0.5) is 0 Å². The van der Waals surface area contributed by atoms with Crippen LogP contribution in [0.3, 0.4) is 0 Å². The molecule has 0 aliphatic rings. The zero-order valence-electron chi connectivity index (χ0n) is 10.1. The van der Waals surface area contributed by atoms with Gasteiger partial charge in [0, 0.05) is 0 Å². The zero-order valence-corrected chi connectivity index (χ0v) is 11.0. The molecule has 0 bridgehead atoms. The quantitative estimate of drug-likeness (QED) is 0.577. The van der Waals surface area contributed by atoms with Crippen LogP contribution in [0.25, 0.3) is 0 Å². The Balaban J connectivity index is 2.43. The van der Waals surface area contributed by atoms with Crippen molar-refractivity contribution in [2.24, 2.45) is 0 Å². The Kier molecular flexibility index (Phi) is 6.68. The van der Waals surface area contributed by atoms with E-state index < -0.39 is 0 Å². The van der Waals surface area contributed by atoms with Crippen molar-refractivity contribution in [3.05, 3.63) is 35.9 Å². The van der Waals surface area contributed by atoms with Gasteiger partial charge in [0.2, 0.25) is 0 Å². The highest BCUT2D eigenvalue weighted by atomic mass is 31.1. The maximum Gasteiger partial charge on any atom is -0.00731 e. The second kappa shape index (κ2) is 7.88. The summed E-state index contributed by atoms with van der Waals surface area (Å²) in [4.78, 5) is 0. The molecule has 0 fully saturated rings. The molecule has 1 heteroatoms. The van der Waals surface area contributed by atoms with Gasteiger partial charge in [-0.1, -0.05) is 57.0 Å². The van der Waals surface area contributed by atoms with E-state index >= 15 is 0 Å². The van der Waals surface area contributed by atoms with Gasteiger partial charge >= 0.3 is 0 Å². The molecule has 1 unspecified atom stereocenters. The summed E-state index contributed by atoms with van der Waals surface area (Å²) in [5.74, 6) is 0. The van der Waals surface area contributed by atoms with Crippen LogP contribution < -0.4 is 0 Å². The molecule has 0 nitrogen and oxygen atoms in total. The first-order valence-corrected chi connectivity index (χ1v) is 8.02. The van der Waals surface area contributed by atoms with Crippen molar-refractivity contribution in [3.8, 4) is 0 Å². The largest absolute Gasteiger partial charge is 0.102 e. The van der Waals surface area contributed by atoms with Gasteiger partial charge < -0.3 is 0 Å². The van der Waals surface area contributed by atoms with E-state index in [2.05, 4.69) is 44.2 Å². The minimum absolute atomic E-state index is 0.257. The van der Waals surface area contributed by atoms with Crippen LogP contribution in [0, 0.1) is 0 Å². The minimum atomic E-state index is 0.257. The van der Waals surface area contributed by atoms with E-state index in [1.165, 1.54) is 43.3 Å². The maximum atomic E-state index is 2.31. The van der Waals surface area contributed by atoms with Crippen LogP contribution in [0.15, 0.2) is 30.3 Å². The van der Waals surface area contributed by atoms with Crippen molar-refractivity contribution >= 4 is 7.92 Å². The molecule has 0 aliphatic heterocycles. The highest BCUT2D eigenvalue weighted by Crippen LogP contribution is 2.41. The van der Waals surface area contributed by atoms with Crippen LogP contribution in [0.5, 0.6) is 0 Å². The third-order valence-corrected chi connectivity index (χ3v) is 5.46. The summed E-state index contributed by atoms with van der Waals surface area (Å²) in [5.41, 5.74) is 1.54. The third kappa shape index (κ3) is 5.33. The first kappa shape index (κ1) is 12.7. The molecule has 1 aromatic carbocycles. The highest BCUT2D eigenvalue weighted by Gasteiger charge is 2.06. The number of hydrogen-bond donors (Lipinski definition) is 0. The van der Waals surface area contributed by atoms with Gasteiger partial charge in [0.1, 0.15) is 0 Å². The van der Waals surface area contributed by atoms with Gasteiger partial charge in [-0.15, -0.1) is 7.92 Å². The molecule has 0 heterocycles.